The molecule has 0 spiro atoms. The zero-order chi connectivity index (χ0) is 19.1. The Kier molecular flexibility index (Phi) is 4.40. The Hall–Kier alpha value is -2.65. The molecule has 0 amide bonds. The summed E-state index contributed by atoms with van der Waals surface area (Å²) in [6, 6.07) is 18.6. The first-order valence-corrected chi connectivity index (χ1v) is 10.2. The number of carbonyl (C=O) groups excluding carboxylic acids is 1. The third-order valence-corrected chi connectivity index (χ3v) is 6.22. The summed E-state index contributed by atoms with van der Waals surface area (Å²) in [5, 5.41) is 4.29. The van der Waals surface area contributed by atoms with Gasteiger partial charge in [0.15, 0.2) is 12.4 Å². The molecule has 0 fully saturated rings. The molecule has 1 aromatic heterocycles. The van der Waals surface area contributed by atoms with Crippen molar-refractivity contribution in [1.29, 1.82) is 0 Å². The summed E-state index contributed by atoms with van der Waals surface area (Å²) in [6.07, 6.45) is 7.99. The van der Waals surface area contributed by atoms with E-state index in [0.717, 1.165) is 36.8 Å². The second kappa shape index (κ2) is 7.06. The Morgan fingerprint density at radius 2 is 1.79 bits per heavy atom. The summed E-state index contributed by atoms with van der Waals surface area (Å²) in [7, 11) is 0. The Morgan fingerprint density at radius 1 is 0.964 bits per heavy atom. The van der Waals surface area contributed by atoms with E-state index < -0.39 is 0 Å². The van der Waals surface area contributed by atoms with Crippen LogP contribution in [-0.2, 0) is 12.8 Å². The number of halogens is 1. The monoisotopic (exact) mass is 389 g/mol. The summed E-state index contributed by atoms with van der Waals surface area (Å²) >= 11 is 6.13. The number of ketones is 1. The number of aryl methyl sites for hydroxylation is 2. The number of nitrogens with one attached hydrogen (secondary N) is 1. The highest BCUT2D eigenvalue weighted by atomic mass is 35.5. The standard InChI is InChI=1S/C24H21ClN2O/c25-19-9-6-16-8-11-23(24(28)20(16)14-19)27-13-12-22-18(15-27)7-10-21(26-22)17-4-2-1-3-5-17/h1-6,9,12-15,21,23H,7-8,10-11H2/p+1. The van der Waals surface area contributed by atoms with Gasteiger partial charge in [0.25, 0.3) is 0 Å². The normalized spacial score (nSPS) is 20.8. The van der Waals surface area contributed by atoms with E-state index in [2.05, 4.69) is 52.5 Å². The number of pyridine rings is 1. The highest BCUT2D eigenvalue weighted by Gasteiger charge is 2.35. The summed E-state index contributed by atoms with van der Waals surface area (Å²) < 4.78 is 2.09. The largest absolute Gasteiger partial charge is 0.378 e. The summed E-state index contributed by atoms with van der Waals surface area (Å²) in [4.78, 5) is 13.1. The summed E-state index contributed by atoms with van der Waals surface area (Å²) in [6.45, 7) is 0. The third kappa shape index (κ3) is 3.10. The van der Waals surface area contributed by atoms with Gasteiger partial charge in [-0.15, -0.1) is 0 Å². The van der Waals surface area contributed by atoms with Crippen molar-refractivity contribution in [2.75, 3.05) is 5.32 Å². The SMILES string of the molecule is O=C1c2cc(Cl)ccc2CCC1[n+]1ccc2c(c1)CCC(c1ccccc1)N2. The molecule has 28 heavy (non-hydrogen) atoms. The van der Waals surface area contributed by atoms with Crippen molar-refractivity contribution in [2.24, 2.45) is 0 Å². The molecule has 0 saturated heterocycles. The first-order chi connectivity index (χ1) is 13.7. The molecule has 2 atom stereocenters. The van der Waals surface area contributed by atoms with Crippen LogP contribution in [0.3, 0.4) is 0 Å². The molecule has 1 aliphatic carbocycles. The van der Waals surface area contributed by atoms with Crippen LogP contribution in [-0.4, -0.2) is 5.78 Å². The van der Waals surface area contributed by atoms with Crippen LogP contribution in [0.4, 0.5) is 5.69 Å². The van der Waals surface area contributed by atoms with Crippen LogP contribution in [0.25, 0.3) is 0 Å². The van der Waals surface area contributed by atoms with Crippen molar-refractivity contribution >= 4 is 23.1 Å². The van der Waals surface area contributed by atoms with Gasteiger partial charge < -0.3 is 5.32 Å². The van der Waals surface area contributed by atoms with Gasteiger partial charge in [-0.2, -0.15) is 4.57 Å². The quantitative estimate of drug-likeness (QED) is 0.619. The van der Waals surface area contributed by atoms with Crippen LogP contribution in [0, 0.1) is 0 Å². The van der Waals surface area contributed by atoms with Crippen LogP contribution >= 0.6 is 11.6 Å². The lowest BCUT2D eigenvalue weighted by Crippen LogP contribution is -2.46. The van der Waals surface area contributed by atoms with Crippen molar-refractivity contribution in [2.45, 2.75) is 37.8 Å². The molecule has 2 heterocycles. The molecule has 0 saturated carbocycles. The molecule has 1 N–H and O–H groups in total. The van der Waals surface area contributed by atoms with E-state index in [1.54, 1.807) is 0 Å². The number of carbonyl (C=O) groups is 1. The van der Waals surface area contributed by atoms with Gasteiger partial charge in [0, 0.05) is 34.3 Å². The predicted octanol–water partition coefficient (Wildman–Crippen LogP) is 5.10. The smallest absolute Gasteiger partial charge is 0.230 e. The number of Topliss-reactive ketones (excluding diaryl/α,β-unsaturated/α-hetero) is 1. The molecular formula is C24H22ClN2O+. The first-order valence-electron chi connectivity index (χ1n) is 9.87. The molecule has 2 aliphatic rings. The maximum atomic E-state index is 13.1. The molecule has 1 aliphatic heterocycles. The minimum atomic E-state index is -0.150. The fraction of sp³-hybridized carbons (Fsp3) is 0.250. The molecule has 2 unspecified atom stereocenters. The Morgan fingerprint density at radius 3 is 2.64 bits per heavy atom. The molecule has 0 bridgehead atoms. The molecule has 5 rings (SSSR count). The first kappa shape index (κ1) is 17.4. The Balaban J connectivity index is 1.41. The summed E-state index contributed by atoms with van der Waals surface area (Å²) in [5.74, 6) is 0.166. The zero-order valence-electron chi connectivity index (χ0n) is 15.6. The van der Waals surface area contributed by atoms with Gasteiger partial charge in [-0.1, -0.05) is 48.0 Å². The number of hydrogen-bond donors (Lipinski definition) is 1. The highest BCUT2D eigenvalue weighted by Crippen LogP contribution is 2.33. The number of fused-ring (bicyclic) bond motifs is 2. The van der Waals surface area contributed by atoms with Gasteiger partial charge in [0.2, 0.25) is 11.8 Å². The van der Waals surface area contributed by atoms with Crippen molar-refractivity contribution in [1.82, 2.24) is 0 Å². The molecule has 2 aromatic carbocycles. The van der Waals surface area contributed by atoms with Gasteiger partial charge in [-0.05, 0) is 42.5 Å². The molecule has 3 nitrogen and oxygen atoms in total. The van der Waals surface area contributed by atoms with E-state index in [1.165, 1.54) is 16.8 Å². The number of benzene rings is 2. The van der Waals surface area contributed by atoms with Gasteiger partial charge in [-0.25, -0.2) is 0 Å². The van der Waals surface area contributed by atoms with Crippen molar-refractivity contribution < 1.29 is 9.36 Å². The summed E-state index contributed by atoms with van der Waals surface area (Å²) in [5.41, 5.74) is 5.65. The molecule has 0 radical (unpaired) electrons. The van der Waals surface area contributed by atoms with Crippen molar-refractivity contribution in [3.8, 4) is 0 Å². The minimum Gasteiger partial charge on any atom is -0.378 e. The number of nitrogens with zero attached hydrogens (tertiary/aromatic N) is 1. The van der Waals surface area contributed by atoms with Gasteiger partial charge in [0.05, 0.1) is 6.04 Å². The van der Waals surface area contributed by atoms with Gasteiger partial charge in [0.1, 0.15) is 0 Å². The predicted molar refractivity (Wildman–Crippen MR) is 111 cm³/mol. The van der Waals surface area contributed by atoms with E-state index in [4.69, 9.17) is 11.6 Å². The van der Waals surface area contributed by atoms with E-state index in [1.807, 2.05) is 24.4 Å². The average molecular weight is 390 g/mol. The topological polar surface area (TPSA) is 33.0 Å². The number of hydrogen-bond acceptors (Lipinski definition) is 2. The lowest BCUT2D eigenvalue weighted by molar-refractivity contribution is -0.709. The van der Waals surface area contributed by atoms with Gasteiger partial charge in [-0.3, -0.25) is 4.79 Å². The van der Waals surface area contributed by atoms with Crippen LogP contribution in [0.5, 0.6) is 0 Å². The number of rotatable bonds is 2. The average Bonchev–Trinajstić information content (AvgIpc) is 2.74. The fourth-order valence-electron chi connectivity index (χ4n) is 4.47. The van der Waals surface area contributed by atoms with Crippen LogP contribution in [0.1, 0.15) is 52.0 Å². The second-order valence-corrected chi connectivity index (χ2v) is 8.13. The van der Waals surface area contributed by atoms with Crippen LogP contribution in [0.2, 0.25) is 5.02 Å². The van der Waals surface area contributed by atoms with E-state index >= 15 is 0 Å². The second-order valence-electron chi connectivity index (χ2n) is 7.70. The Bertz CT molecular complexity index is 1050. The van der Waals surface area contributed by atoms with Crippen LogP contribution < -0.4 is 9.88 Å². The van der Waals surface area contributed by atoms with Crippen LogP contribution in [0.15, 0.2) is 67.0 Å². The lowest BCUT2D eigenvalue weighted by Gasteiger charge is -2.27. The van der Waals surface area contributed by atoms with Crippen molar-refractivity contribution in [3.05, 3.63) is 94.3 Å². The molecule has 140 valence electrons. The number of aromatic nitrogens is 1. The third-order valence-electron chi connectivity index (χ3n) is 5.99. The Labute approximate surface area is 170 Å². The maximum absolute atomic E-state index is 13.1. The molecular weight excluding hydrogens is 368 g/mol. The van der Waals surface area contributed by atoms with Crippen molar-refractivity contribution in [3.63, 3.8) is 0 Å². The van der Waals surface area contributed by atoms with E-state index in [-0.39, 0.29) is 11.8 Å². The maximum Gasteiger partial charge on any atom is 0.230 e. The fourth-order valence-corrected chi connectivity index (χ4v) is 4.64. The van der Waals surface area contributed by atoms with Gasteiger partial charge >= 0.3 is 0 Å². The highest BCUT2D eigenvalue weighted by molar-refractivity contribution is 6.31. The molecule has 3 aromatic rings. The molecule has 4 heteroatoms. The van der Waals surface area contributed by atoms with E-state index in [9.17, 15) is 4.79 Å². The zero-order valence-corrected chi connectivity index (χ0v) is 16.3. The minimum absolute atomic E-state index is 0.150. The van der Waals surface area contributed by atoms with E-state index in [0.29, 0.717) is 11.1 Å². The lowest BCUT2D eigenvalue weighted by atomic mass is 9.86. The number of anilines is 1.